The maximum Gasteiger partial charge on any atom is 0.335 e. The molecule has 0 bridgehead atoms. The summed E-state index contributed by atoms with van der Waals surface area (Å²) in [4.78, 5) is 10.4. The number of carbonyl (C=O) groups is 1. The first-order chi connectivity index (χ1) is 5.11. The summed E-state index contributed by atoms with van der Waals surface area (Å²) in [7, 11) is 0. The van der Waals surface area contributed by atoms with E-state index in [9.17, 15) is 4.79 Å². The molecule has 1 unspecified atom stereocenters. The van der Waals surface area contributed by atoms with E-state index in [4.69, 9.17) is 22.4 Å². The van der Waals surface area contributed by atoms with Crippen LogP contribution in [0.1, 0.15) is 6.42 Å². The Bertz CT molecular complexity index is 245. The van der Waals surface area contributed by atoms with E-state index >= 15 is 0 Å². The predicted octanol–water partition coefficient (Wildman–Crippen LogP) is 0.851. The summed E-state index contributed by atoms with van der Waals surface area (Å²) < 4.78 is 0. The van der Waals surface area contributed by atoms with Crippen LogP contribution in [0.2, 0.25) is 0 Å². The van der Waals surface area contributed by atoms with Gasteiger partial charge in [-0.05, 0) is 12.5 Å². The molecule has 0 aromatic rings. The highest BCUT2D eigenvalue weighted by Gasteiger charge is 2.15. The Kier molecular flexibility index (Phi) is 2.31. The van der Waals surface area contributed by atoms with E-state index in [1.165, 1.54) is 6.08 Å². The maximum atomic E-state index is 10.4. The zero-order chi connectivity index (χ0) is 8.43. The lowest BCUT2D eigenvalue weighted by molar-refractivity contribution is -0.132. The Hall–Kier alpha value is -0.800. The number of rotatable bonds is 1. The van der Waals surface area contributed by atoms with Gasteiger partial charge in [-0.2, -0.15) is 0 Å². The first-order valence-corrected chi connectivity index (χ1v) is 3.55. The lowest BCUT2D eigenvalue weighted by Gasteiger charge is -2.12. The molecule has 4 heteroatoms. The van der Waals surface area contributed by atoms with Crippen LogP contribution in [0, 0.1) is 0 Å². The van der Waals surface area contributed by atoms with Crippen molar-refractivity contribution in [2.45, 2.75) is 12.5 Å². The summed E-state index contributed by atoms with van der Waals surface area (Å²) in [5.41, 5.74) is 5.72. The molecule has 1 aliphatic rings. The van der Waals surface area contributed by atoms with Crippen LogP contribution >= 0.6 is 11.6 Å². The molecule has 0 aromatic heterocycles. The topological polar surface area (TPSA) is 63.3 Å². The number of carboxylic acid groups (broad SMARTS) is 1. The van der Waals surface area contributed by atoms with Crippen LogP contribution in [0.3, 0.4) is 0 Å². The molecule has 0 spiro atoms. The van der Waals surface area contributed by atoms with E-state index in [0.717, 1.165) is 0 Å². The third kappa shape index (κ3) is 1.82. The van der Waals surface area contributed by atoms with Crippen LogP contribution in [-0.2, 0) is 4.79 Å². The zero-order valence-electron chi connectivity index (χ0n) is 5.75. The Morgan fingerprint density at radius 2 is 2.45 bits per heavy atom. The van der Waals surface area contributed by atoms with Crippen LogP contribution < -0.4 is 5.73 Å². The van der Waals surface area contributed by atoms with E-state index in [-0.39, 0.29) is 11.6 Å². The third-order valence-electron chi connectivity index (χ3n) is 1.49. The second-order valence-corrected chi connectivity index (χ2v) is 2.77. The summed E-state index contributed by atoms with van der Waals surface area (Å²) in [6.07, 6.45) is 3.45. The highest BCUT2D eigenvalue weighted by molar-refractivity contribution is 6.30. The summed E-state index contributed by atoms with van der Waals surface area (Å²) in [5, 5.41) is 8.94. The lowest BCUT2D eigenvalue weighted by atomic mass is 10.0. The first-order valence-electron chi connectivity index (χ1n) is 3.17. The van der Waals surface area contributed by atoms with Crippen molar-refractivity contribution in [3.05, 3.63) is 22.8 Å². The summed E-state index contributed by atoms with van der Waals surface area (Å²) in [6, 6.07) is -0.236. The van der Waals surface area contributed by atoms with E-state index in [2.05, 4.69) is 0 Å². The molecule has 0 saturated carbocycles. The van der Waals surface area contributed by atoms with Gasteiger partial charge in [-0.25, -0.2) is 4.79 Å². The fourth-order valence-electron chi connectivity index (χ4n) is 0.830. The van der Waals surface area contributed by atoms with Crippen molar-refractivity contribution in [2.75, 3.05) is 0 Å². The molecular formula is C7H8ClNO2. The molecule has 0 fully saturated rings. The number of aliphatic carboxylic acids is 1. The molecule has 11 heavy (non-hydrogen) atoms. The molecular weight excluding hydrogens is 166 g/mol. The monoisotopic (exact) mass is 173 g/mol. The Morgan fingerprint density at radius 1 is 1.82 bits per heavy atom. The fourth-order valence-corrected chi connectivity index (χ4v) is 1.04. The molecule has 1 atom stereocenters. The SMILES string of the molecule is NC1CC=C(C(=O)O)C=C1Cl. The maximum absolute atomic E-state index is 10.4. The second-order valence-electron chi connectivity index (χ2n) is 2.34. The average Bonchev–Trinajstić information content (AvgIpc) is 1.94. The molecule has 0 heterocycles. The van der Waals surface area contributed by atoms with Gasteiger partial charge in [0.2, 0.25) is 0 Å². The Balaban J connectivity index is 2.83. The molecule has 0 aliphatic heterocycles. The molecule has 0 aromatic carbocycles. The molecule has 0 amide bonds. The standard InChI is InChI=1S/C7H8ClNO2/c8-5-3-4(7(10)11)1-2-6(5)9/h1,3,6H,2,9H2,(H,10,11). The zero-order valence-corrected chi connectivity index (χ0v) is 6.51. The number of nitrogens with two attached hydrogens (primary N) is 1. The second kappa shape index (κ2) is 3.07. The molecule has 0 saturated heterocycles. The van der Waals surface area contributed by atoms with E-state index in [1.807, 2.05) is 0 Å². The van der Waals surface area contributed by atoms with Gasteiger partial charge in [-0.15, -0.1) is 0 Å². The Labute approximate surface area is 69.1 Å². The molecule has 60 valence electrons. The largest absolute Gasteiger partial charge is 0.478 e. The molecule has 3 N–H and O–H groups in total. The van der Waals surface area contributed by atoms with Crippen molar-refractivity contribution >= 4 is 17.6 Å². The van der Waals surface area contributed by atoms with Gasteiger partial charge >= 0.3 is 5.97 Å². The minimum Gasteiger partial charge on any atom is -0.478 e. The van der Waals surface area contributed by atoms with Crippen molar-refractivity contribution < 1.29 is 9.90 Å². The van der Waals surface area contributed by atoms with Gasteiger partial charge in [-0.3, -0.25) is 0 Å². The highest BCUT2D eigenvalue weighted by atomic mass is 35.5. The van der Waals surface area contributed by atoms with Gasteiger partial charge in [0.25, 0.3) is 0 Å². The van der Waals surface area contributed by atoms with Crippen molar-refractivity contribution in [1.82, 2.24) is 0 Å². The molecule has 1 aliphatic carbocycles. The van der Waals surface area contributed by atoms with Crippen LogP contribution in [-0.4, -0.2) is 17.1 Å². The van der Waals surface area contributed by atoms with Gasteiger partial charge < -0.3 is 10.8 Å². The number of halogens is 1. The van der Waals surface area contributed by atoms with Crippen molar-refractivity contribution in [1.29, 1.82) is 0 Å². The lowest BCUT2D eigenvalue weighted by Crippen LogP contribution is -2.22. The average molecular weight is 174 g/mol. The van der Waals surface area contributed by atoms with E-state index in [1.54, 1.807) is 6.08 Å². The summed E-state index contributed by atoms with van der Waals surface area (Å²) in [6.45, 7) is 0. The minimum absolute atomic E-state index is 0.219. The van der Waals surface area contributed by atoms with Gasteiger partial charge in [-0.1, -0.05) is 17.7 Å². The quantitative estimate of drug-likeness (QED) is 0.618. The third-order valence-corrected chi connectivity index (χ3v) is 1.88. The van der Waals surface area contributed by atoms with Gasteiger partial charge in [0.15, 0.2) is 0 Å². The van der Waals surface area contributed by atoms with Crippen molar-refractivity contribution in [2.24, 2.45) is 5.73 Å². The Morgan fingerprint density at radius 3 is 2.91 bits per heavy atom. The summed E-state index contributed by atoms with van der Waals surface area (Å²) in [5.74, 6) is -0.963. The van der Waals surface area contributed by atoms with Crippen LogP contribution in [0.15, 0.2) is 22.8 Å². The van der Waals surface area contributed by atoms with Crippen LogP contribution in [0.4, 0.5) is 0 Å². The van der Waals surface area contributed by atoms with Gasteiger partial charge in [0.05, 0.1) is 5.57 Å². The highest BCUT2D eigenvalue weighted by Crippen LogP contribution is 2.19. The summed E-state index contributed by atoms with van der Waals surface area (Å²) >= 11 is 5.64. The van der Waals surface area contributed by atoms with E-state index < -0.39 is 5.97 Å². The van der Waals surface area contributed by atoms with Gasteiger partial charge in [0, 0.05) is 11.1 Å². The number of hydrogen-bond acceptors (Lipinski definition) is 2. The van der Waals surface area contributed by atoms with Crippen molar-refractivity contribution in [3.63, 3.8) is 0 Å². The van der Waals surface area contributed by atoms with Gasteiger partial charge in [0.1, 0.15) is 0 Å². The fraction of sp³-hybridized carbons (Fsp3) is 0.286. The molecule has 0 radical (unpaired) electrons. The number of hydrogen-bond donors (Lipinski definition) is 2. The van der Waals surface area contributed by atoms with Crippen molar-refractivity contribution in [3.8, 4) is 0 Å². The van der Waals surface area contributed by atoms with Crippen LogP contribution in [0.5, 0.6) is 0 Å². The molecule has 3 nitrogen and oxygen atoms in total. The predicted molar refractivity (Wildman–Crippen MR) is 42.2 cm³/mol. The first kappa shape index (κ1) is 8.30. The van der Waals surface area contributed by atoms with E-state index in [0.29, 0.717) is 11.5 Å². The molecule has 1 rings (SSSR count). The van der Waals surface area contributed by atoms with Crippen LogP contribution in [0.25, 0.3) is 0 Å². The smallest absolute Gasteiger partial charge is 0.335 e. The minimum atomic E-state index is -0.963. The normalized spacial score (nSPS) is 24.0. The number of carboxylic acids is 1.